The topological polar surface area (TPSA) is 76.6 Å². The van der Waals surface area contributed by atoms with E-state index in [1.807, 2.05) is 24.1 Å². The maximum Gasteiger partial charge on any atom is 0.265 e. The first kappa shape index (κ1) is 22.7. The van der Waals surface area contributed by atoms with Gasteiger partial charge in [-0.15, -0.1) is 0 Å². The number of para-hydroxylation sites is 1. The molecule has 8 nitrogen and oxygen atoms in total. The van der Waals surface area contributed by atoms with Crippen molar-refractivity contribution >= 4 is 57.9 Å². The van der Waals surface area contributed by atoms with Gasteiger partial charge in [-0.2, -0.15) is 4.98 Å². The number of carbonyl (C=O) groups excluding carboxylic acids is 1. The fourth-order valence-corrected chi connectivity index (χ4v) is 4.97. The summed E-state index contributed by atoms with van der Waals surface area (Å²) in [6, 6.07) is 13.9. The van der Waals surface area contributed by atoms with Crippen molar-refractivity contribution in [1.29, 1.82) is 0 Å². The normalized spacial score (nSPS) is 18.2. The third-order valence-corrected chi connectivity index (χ3v) is 6.73. The van der Waals surface area contributed by atoms with Gasteiger partial charge in [-0.1, -0.05) is 29.3 Å². The summed E-state index contributed by atoms with van der Waals surface area (Å²) in [5.74, 6) is 0.725. The van der Waals surface area contributed by atoms with E-state index in [1.54, 1.807) is 23.1 Å². The largest absolute Gasteiger partial charge is 0.366 e. The van der Waals surface area contributed by atoms with E-state index < -0.39 is 0 Å². The van der Waals surface area contributed by atoms with Crippen molar-refractivity contribution in [2.24, 2.45) is 0 Å². The highest BCUT2D eigenvalue weighted by molar-refractivity contribution is 6.40. The third kappa shape index (κ3) is 4.24. The highest BCUT2D eigenvalue weighted by atomic mass is 35.5. The second-order valence-corrected chi connectivity index (χ2v) is 9.31. The van der Waals surface area contributed by atoms with Gasteiger partial charge in [0.05, 0.1) is 22.4 Å². The van der Waals surface area contributed by atoms with Crippen LogP contribution in [0.15, 0.2) is 48.7 Å². The molecule has 0 spiro atoms. The van der Waals surface area contributed by atoms with Crippen molar-refractivity contribution in [1.82, 2.24) is 15.3 Å². The number of nitrogens with zero attached hydrogens (tertiary/aromatic N) is 5. The molecule has 1 fully saturated rings. The molecule has 1 saturated heterocycles. The number of hydrogen-bond donors (Lipinski definition) is 2. The number of aromatic nitrogens is 2. The highest BCUT2D eigenvalue weighted by Gasteiger charge is 2.32. The van der Waals surface area contributed by atoms with Crippen LogP contribution >= 0.6 is 23.2 Å². The van der Waals surface area contributed by atoms with Crippen molar-refractivity contribution in [3.05, 3.63) is 64.3 Å². The number of halogens is 2. The van der Waals surface area contributed by atoms with Gasteiger partial charge < -0.3 is 20.4 Å². The van der Waals surface area contributed by atoms with Crippen LogP contribution in [0.2, 0.25) is 10.0 Å². The monoisotopic (exact) mass is 497 g/mol. The second kappa shape index (κ2) is 9.29. The number of hydrogen-bond acceptors (Lipinski definition) is 7. The van der Waals surface area contributed by atoms with Crippen LogP contribution in [0.25, 0.3) is 0 Å². The first-order valence-corrected chi connectivity index (χ1v) is 11.9. The molecule has 2 aromatic carbocycles. The van der Waals surface area contributed by atoms with Crippen LogP contribution in [-0.2, 0) is 0 Å². The van der Waals surface area contributed by atoms with Gasteiger partial charge in [0.2, 0.25) is 5.95 Å². The van der Waals surface area contributed by atoms with Crippen LogP contribution in [0.1, 0.15) is 17.3 Å². The van der Waals surface area contributed by atoms with Gasteiger partial charge in [-0.05, 0) is 43.3 Å². The molecule has 10 heteroatoms. The van der Waals surface area contributed by atoms with Crippen LogP contribution in [0.3, 0.4) is 0 Å². The van der Waals surface area contributed by atoms with Gasteiger partial charge in [0.1, 0.15) is 11.4 Å². The molecule has 0 radical (unpaired) electrons. The van der Waals surface area contributed by atoms with Crippen molar-refractivity contribution in [3.8, 4) is 0 Å². The van der Waals surface area contributed by atoms with Crippen LogP contribution in [0, 0.1) is 0 Å². The molecule has 2 aliphatic heterocycles. The molecule has 1 atom stereocenters. The van der Waals surface area contributed by atoms with E-state index >= 15 is 0 Å². The van der Waals surface area contributed by atoms with E-state index in [0.29, 0.717) is 39.1 Å². The Balaban J connectivity index is 1.36. The van der Waals surface area contributed by atoms with Gasteiger partial charge in [0.15, 0.2) is 0 Å². The average Bonchev–Trinajstić information content (AvgIpc) is 2.83. The summed E-state index contributed by atoms with van der Waals surface area (Å²) < 4.78 is 0. The quantitative estimate of drug-likeness (QED) is 0.553. The Morgan fingerprint density at radius 1 is 1.12 bits per heavy atom. The molecule has 3 aromatic rings. The first-order valence-electron chi connectivity index (χ1n) is 11.1. The fraction of sp³-hybridized carbons (Fsp3) is 0.292. The fourth-order valence-electron chi connectivity index (χ4n) is 4.37. The van der Waals surface area contributed by atoms with Gasteiger partial charge >= 0.3 is 0 Å². The first-order chi connectivity index (χ1) is 16.4. The van der Waals surface area contributed by atoms with Crippen molar-refractivity contribution < 1.29 is 4.79 Å². The predicted octanol–water partition coefficient (Wildman–Crippen LogP) is 4.38. The molecule has 3 heterocycles. The lowest BCUT2D eigenvalue weighted by Crippen LogP contribution is -2.49. The van der Waals surface area contributed by atoms with Crippen LogP contribution in [-0.4, -0.2) is 55.3 Å². The highest BCUT2D eigenvalue weighted by Crippen LogP contribution is 2.37. The summed E-state index contributed by atoms with van der Waals surface area (Å²) in [6.07, 6.45) is 1.54. The van der Waals surface area contributed by atoms with E-state index in [9.17, 15) is 4.79 Å². The second-order valence-electron chi connectivity index (χ2n) is 8.49. The molecule has 0 saturated carbocycles. The van der Waals surface area contributed by atoms with Crippen molar-refractivity contribution in [3.63, 3.8) is 0 Å². The lowest BCUT2D eigenvalue weighted by molar-refractivity contribution is 0.0982. The van der Waals surface area contributed by atoms with Crippen molar-refractivity contribution in [2.45, 2.75) is 13.0 Å². The average molecular weight is 498 g/mol. The summed E-state index contributed by atoms with van der Waals surface area (Å²) in [6.45, 7) is 5.44. The van der Waals surface area contributed by atoms with E-state index in [4.69, 9.17) is 23.2 Å². The van der Waals surface area contributed by atoms with Crippen LogP contribution < -0.4 is 25.3 Å². The van der Waals surface area contributed by atoms with Gasteiger partial charge in [-0.3, -0.25) is 9.69 Å². The van der Waals surface area contributed by atoms with Crippen LogP contribution in [0.5, 0.6) is 0 Å². The summed E-state index contributed by atoms with van der Waals surface area (Å²) in [5.41, 5.74) is 2.93. The number of carbonyl (C=O) groups is 1. The number of fused-ring (bicyclic) bond motifs is 1. The minimum atomic E-state index is -0.246. The molecular formula is C24H25Cl2N7O. The zero-order chi connectivity index (χ0) is 23.8. The standard InChI is InChI=1S/C24H25Cl2N7O/c1-15-12-27-10-11-32(15)17-8-6-16(7-9-17)29-24-28-13-18-22(30-24)31(2)14-33(23(18)34)21-19(25)4-3-5-20(21)26/h3-9,13,15,27H,10-12,14H2,1-2H3,(H,28,29,30). The molecule has 176 valence electrons. The molecule has 1 unspecified atom stereocenters. The smallest absolute Gasteiger partial charge is 0.265 e. The summed E-state index contributed by atoms with van der Waals surface area (Å²) >= 11 is 12.7. The number of nitrogens with one attached hydrogen (secondary N) is 2. The number of amides is 1. The van der Waals surface area contributed by atoms with Gasteiger partial charge in [-0.25, -0.2) is 4.98 Å². The number of piperazine rings is 1. The predicted molar refractivity (Wildman–Crippen MR) is 138 cm³/mol. The molecule has 34 heavy (non-hydrogen) atoms. The molecule has 0 aliphatic carbocycles. The van der Waals surface area contributed by atoms with E-state index in [1.165, 1.54) is 11.9 Å². The molecule has 0 bridgehead atoms. The van der Waals surface area contributed by atoms with E-state index in [-0.39, 0.29) is 12.6 Å². The Labute approximate surface area is 208 Å². The molecule has 1 amide bonds. The molecule has 1 aromatic heterocycles. The Morgan fingerprint density at radius 2 is 1.85 bits per heavy atom. The third-order valence-electron chi connectivity index (χ3n) is 6.12. The lowest BCUT2D eigenvalue weighted by Gasteiger charge is -2.36. The van der Waals surface area contributed by atoms with Crippen LogP contribution in [0.4, 0.5) is 28.8 Å². The zero-order valence-electron chi connectivity index (χ0n) is 18.9. The summed E-state index contributed by atoms with van der Waals surface area (Å²) in [4.78, 5) is 28.0. The van der Waals surface area contributed by atoms with Gasteiger partial charge in [0.25, 0.3) is 5.91 Å². The summed E-state index contributed by atoms with van der Waals surface area (Å²) in [5, 5.41) is 7.48. The molecule has 2 aliphatic rings. The number of rotatable bonds is 4. The summed E-state index contributed by atoms with van der Waals surface area (Å²) in [7, 11) is 1.86. The Hall–Kier alpha value is -3.07. The Morgan fingerprint density at radius 3 is 2.56 bits per heavy atom. The maximum absolute atomic E-state index is 13.2. The maximum atomic E-state index is 13.2. The van der Waals surface area contributed by atoms with Gasteiger partial charge in [0, 0.05) is 50.3 Å². The lowest BCUT2D eigenvalue weighted by atomic mass is 10.1. The minimum absolute atomic E-state index is 0.246. The Bertz CT molecular complexity index is 1200. The number of benzene rings is 2. The van der Waals surface area contributed by atoms with E-state index in [2.05, 4.69) is 44.6 Å². The number of anilines is 5. The van der Waals surface area contributed by atoms with Crippen molar-refractivity contribution in [2.75, 3.05) is 53.4 Å². The molecule has 2 N–H and O–H groups in total. The minimum Gasteiger partial charge on any atom is -0.366 e. The molecule has 5 rings (SSSR count). The zero-order valence-corrected chi connectivity index (χ0v) is 20.4. The molecular weight excluding hydrogens is 473 g/mol. The SMILES string of the molecule is CC1CNCCN1c1ccc(Nc2ncc3c(n2)N(C)CN(c2c(Cl)cccc2Cl)C3=O)cc1. The Kier molecular flexibility index (Phi) is 6.20. The van der Waals surface area contributed by atoms with E-state index in [0.717, 1.165) is 25.3 Å².